The first-order valence-electron chi connectivity index (χ1n) is 5.99. The standard InChI is InChI=1S/C10H23N.BF4/c1-3-5-7-9-11-10-8-6-4-2;2-1(3,4)5/h11H,3-10H2,1-2H3;/q;-1. The third kappa shape index (κ3) is 37.2. The number of halogens is 4. The topological polar surface area (TPSA) is 12.0 Å². The molecule has 0 aliphatic rings. The fourth-order valence-corrected chi connectivity index (χ4v) is 1.12. The zero-order valence-corrected chi connectivity index (χ0v) is 10.2. The van der Waals surface area contributed by atoms with Gasteiger partial charge < -0.3 is 22.6 Å². The molecular weight excluding hydrogens is 221 g/mol. The van der Waals surface area contributed by atoms with Gasteiger partial charge in [-0.2, -0.15) is 0 Å². The second kappa shape index (κ2) is 12.8. The molecule has 0 spiro atoms. The second-order valence-electron chi connectivity index (χ2n) is 3.66. The van der Waals surface area contributed by atoms with E-state index in [2.05, 4.69) is 19.2 Å². The van der Waals surface area contributed by atoms with E-state index in [0.717, 1.165) is 0 Å². The van der Waals surface area contributed by atoms with Crippen molar-refractivity contribution in [1.29, 1.82) is 0 Å². The summed E-state index contributed by atoms with van der Waals surface area (Å²) in [4.78, 5) is 0. The molecule has 0 unspecified atom stereocenters. The van der Waals surface area contributed by atoms with Gasteiger partial charge in [-0.3, -0.25) is 0 Å². The fraction of sp³-hybridized carbons (Fsp3) is 1.00. The summed E-state index contributed by atoms with van der Waals surface area (Å²) in [5, 5.41) is 3.46. The molecule has 100 valence electrons. The Kier molecular flexibility index (Phi) is 14.5. The Hall–Kier alpha value is -0.255. The van der Waals surface area contributed by atoms with Crippen LogP contribution in [0.2, 0.25) is 0 Å². The van der Waals surface area contributed by atoms with Crippen LogP contribution < -0.4 is 5.32 Å². The van der Waals surface area contributed by atoms with E-state index in [4.69, 9.17) is 0 Å². The molecule has 0 rings (SSSR count). The van der Waals surface area contributed by atoms with Gasteiger partial charge in [0.05, 0.1) is 0 Å². The van der Waals surface area contributed by atoms with Crippen LogP contribution in [0.4, 0.5) is 17.3 Å². The molecule has 0 atom stereocenters. The largest absolute Gasteiger partial charge is 0.673 e. The van der Waals surface area contributed by atoms with Crippen LogP contribution in [0.5, 0.6) is 0 Å². The Morgan fingerprint density at radius 2 is 1.06 bits per heavy atom. The number of rotatable bonds is 8. The molecule has 1 N–H and O–H groups in total. The molecule has 0 aromatic heterocycles. The lowest BCUT2D eigenvalue weighted by Crippen LogP contribution is -2.16. The maximum Gasteiger partial charge on any atom is 0.673 e. The summed E-state index contributed by atoms with van der Waals surface area (Å²) in [7, 11) is -6.00. The highest BCUT2D eigenvalue weighted by Gasteiger charge is 2.20. The van der Waals surface area contributed by atoms with E-state index in [9.17, 15) is 17.3 Å². The zero-order chi connectivity index (χ0) is 12.9. The Morgan fingerprint density at radius 3 is 1.31 bits per heavy atom. The highest BCUT2D eigenvalue weighted by molar-refractivity contribution is 6.50. The summed E-state index contributed by atoms with van der Waals surface area (Å²) >= 11 is 0. The van der Waals surface area contributed by atoms with Crippen molar-refractivity contribution in [2.45, 2.75) is 52.4 Å². The molecule has 16 heavy (non-hydrogen) atoms. The van der Waals surface area contributed by atoms with Crippen LogP contribution in [0.25, 0.3) is 0 Å². The van der Waals surface area contributed by atoms with Gasteiger partial charge in [0.25, 0.3) is 0 Å². The summed E-state index contributed by atoms with van der Waals surface area (Å²) in [5.41, 5.74) is 0. The quantitative estimate of drug-likeness (QED) is 0.382. The molecule has 0 saturated carbocycles. The van der Waals surface area contributed by atoms with Crippen LogP contribution in [-0.4, -0.2) is 20.3 Å². The summed E-state index contributed by atoms with van der Waals surface area (Å²) in [5.74, 6) is 0. The van der Waals surface area contributed by atoms with Crippen LogP contribution in [0.3, 0.4) is 0 Å². The predicted molar refractivity (Wildman–Crippen MR) is 62.1 cm³/mol. The normalized spacial score (nSPS) is 10.9. The van der Waals surface area contributed by atoms with Gasteiger partial charge in [-0.1, -0.05) is 39.5 Å². The number of nitrogens with one attached hydrogen (secondary N) is 1. The van der Waals surface area contributed by atoms with Gasteiger partial charge >= 0.3 is 7.25 Å². The highest BCUT2D eigenvalue weighted by Crippen LogP contribution is 2.06. The van der Waals surface area contributed by atoms with Crippen LogP contribution in [0, 0.1) is 0 Å². The Morgan fingerprint density at radius 1 is 0.750 bits per heavy atom. The molecule has 6 heteroatoms. The van der Waals surface area contributed by atoms with Gasteiger partial charge in [0.2, 0.25) is 0 Å². The first-order chi connectivity index (χ1) is 7.41. The molecule has 0 aliphatic carbocycles. The van der Waals surface area contributed by atoms with Crippen molar-refractivity contribution in [2.24, 2.45) is 0 Å². The van der Waals surface area contributed by atoms with E-state index < -0.39 is 7.25 Å². The summed E-state index contributed by atoms with van der Waals surface area (Å²) in [6.07, 6.45) is 8.11. The fourth-order valence-electron chi connectivity index (χ4n) is 1.12. The molecule has 0 radical (unpaired) electrons. The Balaban J connectivity index is 0. The molecule has 0 heterocycles. The Labute approximate surface area is 96.1 Å². The van der Waals surface area contributed by atoms with Gasteiger partial charge in [0.15, 0.2) is 0 Å². The lowest BCUT2D eigenvalue weighted by atomic mass is 10.2. The minimum Gasteiger partial charge on any atom is -0.418 e. The number of hydrogen-bond acceptors (Lipinski definition) is 1. The average molecular weight is 244 g/mol. The molecule has 1 nitrogen and oxygen atoms in total. The number of hydrogen-bond donors (Lipinski definition) is 1. The van der Waals surface area contributed by atoms with Crippen LogP contribution in [0.1, 0.15) is 52.4 Å². The molecule has 0 amide bonds. The summed E-state index contributed by atoms with van der Waals surface area (Å²) in [6.45, 7) is 6.93. The SMILES string of the molecule is CCCCCNCCCCC.F[B-](F)(F)F. The zero-order valence-electron chi connectivity index (χ0n) is 10.2. The van der Waals surface area contributed by atoms with E-state index in [0.29, 0.717) is 0 Å². The van der Waals surface area contributed by atoms with E-state index in [-0.39, 0.29) is 0 Å². The van der Waals surface area contributed by atoms with Crippen molar-refractivity contribution in [2.75, 3.05) is 13.1 Å². The highest BCUT2D eigenvalue weighted by atomic mass is 19.5. The van der Waals surface area contributed by atoms with Gasteiger partial charge in [-0.05, 0) is 25.9 Å². The maximum atomic E-state index is 9.75. The molecule has 0 aromatic rings. The van der Waals surface area contributed by atoms with Crippen molar-refractivity contribution in [1.82, 2.24) is 5.32 Å². The van der Waals surface area contributed by atoms with Crippen molar-refractivity contribution >= 4 is 7.25 Å². The lowest BCUT2D eigenvalue weighted by molar-refractivity contribution is 0.368. The smallest absolute Gasteiger partial charge is 0.418 e. The van der Waals surface area contributed by atoms with Gasteiger partial charge in [0, 0.05) is 0 Å². The monoisotopic (exact) mass is 244 g/mol. The lowest BCUT2D eigenvalue weighted by Gasteiger charge is -2.02. The first kappa shape index (κ1) is 18.1. The minimum absolute atomic E-state index is 1.22. The van der Waals surface area contributed by atoms with Crippen molar-refractivity contribution in [3.8, 4) is 0 Å². The van der Waals surface area contributed by atoms with E-state index >= 15 is 0 Å². The van der Waals surface area contributed by atoms with E-state index in [1.54, 1.807) is 0 Å². The minimum atomic E-state index is -6.00. The van der Waals surface area contributed by atoms with Crippen molar-refractivity contribution in [3.63, 3.8) is 0 Å². The first-order valence-corrected chi connectivity index (χ1v) is 5.99. The summed E-state index contributed by atoms with van der Waals surface area (Å²) < 4.78 is 39.0. The van der Waals surface area contributed by atoms with Crippen molar-refractivity contribution in [3.05, 3.63) is 0 Å². The van der Waals surface area contributed by atoms with Gasteiger partial charge in [-0.25, -0.2) is 0 Å². The molecule has 0 bridgehead atoms. The maximum absolute atomic E-state index is 9.75. The Bertz CT molecular complexity index is 116. The summed E-state index contributed by atoms with van der Waals surface area (Å²) in [6, 6.07) is 0. The molecule has 0 fully saturated rings. The van der Waals surface area contributed by atoms with Crippen molar-refractivity contribution < 1.29 is 17.3 Å². The third-order valence-electron chi connectivity index (χ3n) is 1.91. The second-order valence-corrected chi connectivity index (χ2v) is 3.66. The predicted octanol–water partition coefficient (Wildman–Crippen LogP) is 4.26. The van der Waals surface area contributed by atoms with Gasteiger partial charge in [0.1, 0.15) is 0 Å². The van der Waals surface area contributed by atoms with Crippen LogP contribution >= 0.6 is 0 Å². The van der Waals surface area contributed by atoms with Gasteiger partial charge in [-0.15, -0.1) is 0 Å². The molecule has 0 aliphatic heterocycles. The van der Waals surface area contributed by atoms with E-state index in [1.165, 1.54) is 51.6 Å². The third-order valence-corrected chi connectivity index (χ3v) is 1.91. The van der Waals surface area contributed by atoms with E-state index in [1.807, 2.05) is 0 Å². The molecule has 0 saturated heterocycles. The molecule has 0 aromatic carbocycles. The number of unbranched alkanes of at least 4 members (excludes halogenated alkanes) is 4. The molecular formula is C10H23BF4N-. The van der Waals surface area contributed by atoms with Crippen LogP contribution in [-0.2, 0) is 0 Å². The van der Waals surface area contributed by atoms with Crippen LogP contribution in [0.15, 0.2) is 0 Å². The average Bonchev–Trinajstić information content (AvgIpc) is 2.14.